The maximum Gasteiger partial charge on any atom is 0.129 e. The van der Waals surface area contributed by atoms with Crippen molar-refractivity contribution >= 4 is 34.2 Å². The van der Waals surface area contributed by atoms with Crippen molar-refractivity contribution in [3.8, 4) is 12.1 Å². The van der Waals surface area contributed by atoms with Gasteiger partial charge in [-0.15, -0.1) is 12.4 Å². The molecule has 1 fully saturated rings. The number of piperidine rings is 1. The molecular weight excluding hydrogens is 428 g/mol. The van der Waals surface area contributed by atoms with Gasteiger partial charge < -0.3 is 10.6 Å². The second kappa shape index (κ2) is 8.14. The molecular formula is C19H18BrClN6. The van der Waals surface area contributed by atoms with Gasteiger partial charge in [-0.05, 0) is 53.5 Å². The highest BCUT2D eigenvalue weighted by Crippen LogP contribution is 2.45. The van der Waals surface area contributed by atoms with E-state index in [2.05, 4.69) is 48.9 Å². The number of rotatable bonds is 2. The number of nitrogens with zero attached hydrogens (tertiary/aromatic N) is 3. The smallest absolute Gasteiger partial charge is 0.129 e. The summed E-state index contributed by atoms with van der Waals surface area (Å²) in [5.74, 6) is 0.891. The number of nitriles is 2. The van der Waals surface area contributed by atoms with E-state index in [1.807, 2.05) is 12.1 Å². The van der Waals surface area contributed by atoms with Gasteiger partial charge >= 0.3 is 0 Å². The van der Waals surface area contributed by atoms with Crippen LogP contribution in [0.25, 0.3) is 0 Å². The Balaban J connectivity index is 0.00000210. The molecule has 1 aromatic heterocycles. The number of hydrogen-bond donors (Lipinski definition) is 3. The van der Waals surface area contributed by atoms with Gasteiger partial charge in [0.2, 0.25) is 0 Å². The average molecular weight is 446 g/mol. The zero-order chi connectivity index (χ0) is 18.1. The Morgan fingerprint density at radius 1 is 1.11 bits per heavy atom. The number of hydrogen-bond acceptors (Lipinski definition) is 5. The number of fused-ring (bicyclic) bond motifs is 1. The van der Waals surface area contributed by atoms with Gasteiger partial charge in [0.05, 0.1) is 29.3 Å². The van der Waals surface area contributed by atoms with Gasteiger partial charge in [-0.2, -0.15) is 15.6 Å². The SMILES string of the molecule is Cl.N#CC1=C(C2CCNCC2)Nc2[nH]ncc2C1c1cccc(C#N)c1Br. The molecule has 0 spiro atoms. The molecule has 2 aliphatic heterocycles. The summed E-state index contributed by atoms with van der Waals surface area (Å²) in [5, 5.41) is 33.4. The molecule has 0 saturated carbocycles. The van der Waals surface area contributed by atoms with Gasteiger partial charge in [-0.3, -0.25) is 5.10 Å². The number of H-pyrrole nitrogens is 1. The van der Waals surface area contributed by atoms with Crippen molar-refractivity contribution in [2.75, 3.05) is 18.4 Å². The first kappa shape index (κ1) is 19.4. The molecule has 1 unspecified atom stereocenters. The highest BCUT2D eigenvalue weighted by atomic mass is 79.9. The molecule has 1 saturated heterocycles. The molecule has 3 heterocycles. The quantitative estimate of drug-likeness (QED) is 0.653. The second-order valence-corrected chi connectivity index (χ2v) is 7.34. The summed E-state index contributed by atoms with van der Waals surface area (Å²) in [6.07, 6.45) is 3.74. The number of anilines is 1. The van der Waals surface area contributed by atoms with E-state index in [4.69, 9.17) is 0 Å². The third-order valence-electron chi connectivity index (χ3n) is 5.15. The number of allylic oxidation sites excluding steroid dienone is 2. The Morgan fingerprint density at radius 3 is 2.59 bits per heavy atom. The van der Waals surface area contributed by atoms with Crippen molar-refractivity contribution in [2.45, 2.75) is 18.8 Å². The zero-order valence-corrected chi connectivity index (χ0v) is 16.8. The van der Waals surface area contributed by atoms with Crippen LogP contribution in [0, 0.1) is 28.6 Å². The number of benzene rings is 1. The first-order chi connectivity index (χ1) is 12.7. The lowest BCUT2D eigenvalue weighted by Crippen LogP contribution is -2.32. The van der Waals surface area contributed by atoms with E-state index in [9.17, 15) is 10.5 Å². The molecule has 1 aromatic carbocycles. The van der Waals surface area contributed by atoms with Crippen molar-refractivity contribution in [3.63, 3.8) is 0 Å². The van der Waals surface area contributed by atoms with Crippen LogP contribution in [-0.2, 0) is 0 Å². The van der Waals surface area contributed by atoms with Crippen LogP contribution in [0.15, 0.2) is 40.1 Å². The maximum absolute atomic E-state index is 10.0. The van der Waals surface area contributed by atoms with Crippen LogP contribution < -0.4 is 10.6 Å². The Kier molecular flexibility index (Phi) is 5.86. The van der Waals surface area contributed by atoms with Gasteiger partial charge in [-0.1, -0.05) is 12.1 Å². The fourth-order valence-electron chi connectivity index (χ4n) is 3.87. The van der Waals surface area contributed by atoms with Crippen LogP contribution in [0.3, 0.4) is 0 Å². The average Bonchev–Trinajstić information content (AvgIpc) is 3.16. The highest BCUT2D eigenvalue weighted by Gasteiger charge is 2.35. The number of aromatic amines is 1. The molecule has 6 nitrogen and oxygen atoms in total. The van der Waals surface area contributed by atoms with Crippen LogP contribution in [0.5, 0.6) is 0 Å². The molecule has 2 aliphatic rings. The summed E-state index contributed by atoms with van der Waals surface area (Å²) in [5.41, 5.74) is 4.09. The fourth-order valence-corrected chi connectivity index (χ4v) is 4.45. The lowest BCUT2D eigenvalue weighted by Gasteiger charge is -2.33. The topological polar surface area (TPSA) is 100 Å². The van der Waals surface area contributed by atoms with Crippen LogP contribution >= 0.6 is 28.3 Å². The minimum atomic E-state index is -0.248. The Labute approximate surface area is 172 Å². The van der Waals surface area contributed by atoms with E-state index >= 15 is 0 Å². The molecule has 2 aromatic rings. The van der Waals surface area contributed by atoms with Gasteiger partial charge in [0.1, 0.15) is 11.9 Å². The number of halogens is 2. The van der Waals surface area contributed by atoms with Crippen LogP contribution in [0.4, 0.5) is 5.82 Å². The fraction of sp³-hybridized carbons (Fsp3) is 0.316. The van der Waals surface area contributed by atoms with E-state index in [0.29, 0.717) is 17.1 Å². The first-order valence-corrected chi connectivity index (χ1v) is 9.37. The highest BCUT2D eigenvalue weighted by molar-refractivity contribution is 9.10. The molecule has 4 rings (SSSR count). The lowest BCUT2D eigenvalue weighted by atomic mass is 9.79. The van der Waals surface area contributed by atoms with E-state index < -0.39 is 0 Å². The van der Waals surface area contributed by atoms with E-state index in [-0.39, 0.29) is 18.3 Å². The minimum absolute atomic E-state index is 0. The molecule has 0 amide bonds. The summed E-state index contributed by atoms with van der Waals surface area (Å²) in [6.45, 7) is 1.89. The Morgan fingerprint density at radius 2 is 1.89 bits per heavy atom. The predicted molar refractivity (Wildman–Crippen MR) is 108 cm³/mol. The van der Waals surface area contributed by atoms with Crippen molar-refractivity contribution < 1.29 is 0 Å². The Bertz CT molecular complexity index is 961. The van der Waals surface area contributed by atoms with Crippen molar-refractivity contribution in [1.29, 1.82) is 10.5 Å². The number of aromatic nitrogens is 2. The van der Waals surface area contributed by atoms with Crippen LogP contribution in [0.2, 0.25) is 0 Å². The summed E-state index contributed by atoms with van der Waals surface area (Å²) in [6, 6.07) is 10.3. The molecule has 138 valence electrons. The Hall–Kier alpha value is -2.32. The van der Waals surface area contributed by atoms with Crippen molar-refractivity contribution in [3.05, 3.63) is 56.8 Å². The molecule has 1 atom stereocenters. The second-order valence-electron chi connectivity index (χ2n) is 6.54. The normalized spacial score (nSPS) is 19.3. The standard InChI is InChI=1S/C19H17BrN6.ClH/c20-17-12(8-21)2-1-3-13(17)16-14(9-22)18(11-4-6-23-7-5-11)25-19-15(16)10-24-26-19;/h1-3,10-11,16,23H,4-7H2,(H2,24,25,26);1H. The molecule has 3 N–H and O–H groups in total. The largest absolute Gasteiger partial charge is 0.343 e. The zero-order valence-electron chi connectivity index (χ0n) is 14.4. The summed E-state index contributed by atoms with van der Waals surface area (Å²) >= 11 is 3.57. The van der Waals surface area contributed by atoms with Gasteiger partial charge in [0.25, 0.3) is 0 Å². The third-order valence-corrected chi connectivity index (χ3v) is 6.03. The first-order valence-electron chi connectivity index (χ1n) is 8.58. The lowest BCUT2D eigenvalue weighted by molar-refractivity contribution is 0.418. The monoisotopic (exact) mass is 444 g/mol. The summed E-state index contributed by atoms with van der Waals surface area (Å²) in [7, 11) is 0. The van der Waals surface area contributed by atoms with Crippen LogP contribution in [-0.4, -0.2) is 23.3 Å². The van der Waals surface area contributed by atoms with Crippen LogP contribution in [0.1, 0.15) is 35.4 Å². The molecule has 0 bridgehead atoms. The van der Waals surface area contributed by atoms with Gasteiger partial charge in [0.15, 0.2) is 0 Å². The van der Waals surface area contributed by atoms with E-state index in [1.54, 1.807) is 12.3 Å². The van der Waals surface area contributed by atoms with E-state index in [1.165, 1.54) is 0 Å². The predicted octanol–water partition coefficient (Wildman–Crippen LogP) is 3.80. The summed E-state index contributed by atoms with van der Waals surface area (Å²) < 4.78 is 0.735. The van der Waals surface area contributed by atoms with Crippen molar-refractivity contribution in [2.24, 2.45) is 5.92 Å². The molecule has 0 aliphatic carbocycles. The van der Waals surface area contributed by atoms with Gasteiger partial charge in [-0.25, -0.2) is 0 Å². The van der Waals surface area contributed by atoms with Gasteiger partial charge in [0, 0.05) is 21.7 Å². The molecule has 0 radical (unpaired) electrons. The van der Waals surface area contributed by atoms with E-state index in [0.717, 1.165) is 53.0 Å². The number of nitrogens with one attached hydrogen (secondary N) is 3. The maximum atomic E-state index is 10.0. The third kappa shape index (κ3) is 3.35. The molecule has 27 heavy (non-hydrogen) atoms. The minimum Gasteiger partial charge on any atom is -0.343 e. The molecule has 8 heteroatoms. The summed E-state index contributed by atoms with van der Waals surface area (Å²) in [4.78, 5) is 0. The van der Waals surface area contributed by atoms with Crippen molar-refractivity contribution in [1.82, 2.24) is 15.5 Å².